The highest BCUT2D eigenvalue weighted by molar-refractivity contribution is 5.96. The molecule has 0 spiro atoms. The summed E-state index contributed by atoms with van der Waals surface area (Å²) in [6.45, 7) is 2.31. The van der Waals surface area contributed by atoms with Gasteiger partial charge < -0.3 is 10.1 Å². The minimum absolute atomic E-state index is 0.234. The molecule has 5 nitrogen and oxygen atoms in total. The van der Waals surface area contributed by atoms with E-state index in [1.165, 1.54) is 0 Å². The molecule has 25 heavy (non-hydrogen) atoms. The molecule has 3 rings (SSSR count). The molecule has 1 N–H and O–H groups in total. The second kappa shape index (κ2) is 8.06. The Labute approximate surface area is 146 Å². The Kier molecular flexibility index (Phi) is 5.36. The summed E-state index contributed by atoms with van der Waals surface area (Å²) in [4.78, 5) is 21.1. The maximum atomic E-state index is 12.9. The Hall–Kier alpha value is -3.21. The van der Waals surface area contributed by atoms with Crippen LogP contribution in [0.3, 0.4) is 0 Å². The summed E-state index contributed by atoms with van der Waals surface area (Å²) in [6, 6.07) is 16.8. The van der Waals surface area contributed by atoms with Crippen LogP contribution in [0.15, 0.2) is 73.2 Å². The van der Waals surface area contributed by atoms with Gasteiger partial charge in [0, 0.05) is 18.6 Å². The van der Waals surface area contributed by atoms with Gasteiger partial charge in [0.15, 0.2) is 0 Å². The molecule has 1 amide bonds. The molecule has 0 aliphatic rings. The molecule has 126 valence electrons. The van der Waals surface area contributed by atoms with Crippen LogP contribution >= 0.6 is 0 Å². The number of carbonyl (C=O) groups is 1. The summed E-state index contributed by atoms with van der Waals surface area (Å²) in [5.41, 5.74) is 2.36. The molecule has 0 bridgehead atoms. The van der Waals surface area contributed by atoms with Crippen LogP contribution in [0, 0.1) is 0 Å². The number of hydrogen-bond donors (Lipinski definition) is 1. The van der Waals surface area contributed by atoms with Crippen molar-refractivity contribution in [2.24, 2.45) is 0 Å². The number of rotatable bonds is 6. The van der Waals surface area contributed by atoms with E-state index in [0.717, 1.165) is 11.1 Å². The van der Waals surface area contributed by atoms with Crippen LogP contribution in [0.1, 0.15) is 34.5 Å². The Bertz CT molecular complexity index is 783. The lowest BCUT2D eigenvalue weighted by Gasteiger charge is -2.20. The zero-order chi connectivity index (χ0) is 17.5. The first-order chi connectivity index (χ1) is 12.3. The van der Waals surface area contributed by atoms with Crippen molar-refractivity contribution in [3.05, 3.63) is 89.9 Å². The molecule has 1 aromatic carbocycles. The number of hydrogen-bond acceptors (Lipinski definition) is 4. The van der Waals surface area contributed by atoms with E-state index in [2.05, 4.69) is 15.3 Å². The van der Waals surface area contributed by atoms with Crippen molar-refractivity contribution in [1.82, 2.24) is 15.3 Å². The van der Waals surface area contributed by atoms with Crippen LogP contribution in [0.4, 0.5) is 0 Å². The molecule has 3 aromatic rings. The van der Waals surface area contributed by atoms with Crippen molar-refractivity contribution < 1.29 is 9.53 Å². The number of carbonyl (C=O) groups excluding carboxylic acids is 1. The van der Waals surface area contributed by atoms with Crippen LogP contribution in [-0.2, 0) is 0 Å². The number of pyridine rings is 2. The van der Waals surface area contributed by atoms with Crippen LogP contribution in [0.2, 0.25) is 0 Å². The van der Waals surface area contributed by atoms with E-state index in [0.29, 0.717) is 18.1 Å². The third-order valence-corrected chi connectivity index (χ3v) is 3.74. The molecule has 1 atom stereocenters. The van der Waals surface area contributed by atoms with E-state index in [1.54, 1.807) is 30.7 Å². The van der Waals surface area contributed by atoms with Crippen molar-refractivity contribution in [2.45, 2.75) is 13.0 Å². The number of nitrogens with zero attached hydrogens (tertiary/aromatic N) is 2. The minimum Gasteiger partial charge on any atom is -0.477 e. The molecule has 0 aliphatic heterocycles. The number of aromatic nitrogens is 2. The largest absolute Gasteiger partial charge is 0.477 e. The Morgan fingerprint density at radius 1 is 1.00 bits per heavy atom. The smallest absolute Gasteiger partial charge is 0.257 e. The molecular weight excluding hydrogens is 314 g/mol. The van der Waals surface area contributed by atoms with E-state index < -0.39 is 0 Å². The number of ether oxygens (including phenoxy) is 1. The first-order valence-corrected chi connectivity index (χ1v) is 8.13. The fraction of sp³-hybridized carbons (Fsp3) is 0.150. The second-order valence-electron chi connectivity index (χ2n) is 5.39. The zero-order valence-electron chi connectivity index (χ0n) is 13.9. The fourth-order valence-corrected chi connectivity index (χ4v) is 2.58. The third kappa shape index (κ3) is 4.01. The first kappa shape index (κ1) is 16.6. The highest BCUT2D eigenvalue weighted by Gasteiger charge is 2.20. The summed E-state index contributed by atoms with van der Waals surface area (Å²) in [5.74, 6) is 0.103. The zero-order valence-corrected chi connectivity index (χ0v) is 13.9. The topological polar surface area (TPSA) is 64.1 Å². The van der Waals surface area contributed by atoms with E-state index in [1.807, 2.05) is 49.4 Å². The Balaban J connectivity index is 1.92. The summed E-state index contributed by atoms with van der Waals surface area (Å²) < 4.78 is 5.47. The molecule has 2 aromatic heterocycles. The average molecular weight is 333 g/mol. The molecule has 2 heterocycles. The van der Waals surface area contributed by atoms with Gasteiger partial charge in [-0.25, -0.2) is 4.98 Å². The normalized spacial score (nSPS) is 11.6. The van der Waals surface area contributed by atoms with Crippen LogP contribution < -0.4 is 10.1 Å². The highest BCUT2D eigenvalue weighted by Crippen LogP contribution is 2.23. The van der Waals surface area contributed by atoms with Gasteiger partial charge in [-0.15, -0.1) is 0 Å². The van der Waals surface area contributed by atoms with Gasteiger partial charge in [0.25, 0.3) is 5.91 Å². The monoisotopic (exact) mass is 333 g/mol. The maximum Gasteiger partial charge on any atom is 0.257 e. The summed E-state index contributed by atoms with van der Waals surface area (Å²) in [7, 11) is 0. The van der Waals surface area contributed by atoms with Crippen LogP contribution in [0.25, 0.3) is 0 Å². The molecule has 0 fully saturated rings. The Morgan fingerprint density at radius 2 is 1.72 bits per heavy atom. The predicted molar refractivity (Wildman–Crippen MR) is 95.4 cm³/mol. The van der Waals surface area contributed by atoms with Gasteiger partial charge in [0.1, 0.15) is 5.56 Å². The van der Waals surface area contributed by atoms with E-state index in [4.69, 9.17) is 4.74 Å². The van der Waals surface area contributed by atoms with Gasteiger partial charge in [-0.3, -0.25) is 9.78 Å². The van der Waals surface area contributed by atoms with Gasteiger partial charge in [-0.2, -0.15) is 0 Å². The molecule has 5 heteroatoms. The van der Waals surface area contributed by atoms with Gasteiger partial charge in [-0.05, 0) is 42.3 Å². The number of benzene rings is 1. The van der Waals surface area contributed by atoms with Crippen molar-refractivity contribution in [3.8, 4) is 5.88 Å². The van der Waals surface area contributed by atoms with Crippen molar-refractivity contribution in [1.29, 1.82) is 0 Å². The SMILES string of the molecule is CCOc1ncccc1C(=O)N[C@H](c1ccccc1)c1ccncc1. The second-order valence-corrected chi connectivity index (χ2v) is 5.39. The lowest BCUT2D eigenvalue weighted by Crippen LogP contribution is -2.29. The van der Waals surface area contributed by atoms with Gasteiger partial charge in [0.2, 0.25) is 5.88 Å². The molecule has 0 unspecified atom stereocenters. The quantitative estimate of drug-likeness (QED) is 0.751. The summed E-state index contributed by atoms with van der Waals surface area (Å²) in [5, 5.41) is 3.08. The molecule has 0 saturated carbocycles. The van der Waals surface area contributed by atoms with E-state index in [9.17, 15) is 4.79 Å². The third-order valence-electron chi connectivity index (χ3n) is 3.74. The number of nitrogens with one attached hydrogen (secondary N) is 1. The van der Waals surface area contributed by atoms with Gasteiger partial charge in [-0.1, -0.05) is 30.3 Å². The Morgan fingerprint density at radius 3 is 2.44 bits per heavy atom. The minimum atomic E-state index is -0.286. The van der Waals surface area contributed by atoms with Gasteiger partial charge >= 0.3 is 0 Å². The summed E-state index contributed by atoms with van der Waals surface area (Å²) >= 11 is 0. The van der Waals surface area contributed by atoms with Crippen molar-refractivity contribution >= 4 is 5.91 Å². The van der Waals surface area contributed by atoms with Crippen molar-refractivity contribution in [2.75, 3.05) is 6.61 Å². The molecule has 0 saturated heterocycles. The predicted octanol–water partition coefficient (Wildman–Crippen LogP) is 3.39. The molecular formula is C20H19N3O2. The first-order valence-electron chi connectivity index (χ1n) is 8.13. The van der Waals surface area contributed by atoms with E-state index >= 15 is 0 Å². The van der Waals surface area contributed by atoms with Crippen molar-refractivity contribution in [3.63, 3.8) is 0 Å². The number of amides is 1. The average Bonchev–Trinajstić information content (AvgIpc) is 2.68. The van der Waals surface area contributed by atoms with Crippen LogP contribution in [-0.4, -0.2) is 22.5 Å². The maximum absolute atomic E-state index is 12.9. The van der Waals surface area contributed by atoms with Gasteiger partial charge in [0.05, 0.1) is 12.6 Å². The molecule has 0 radical (unpaired) electrons. The highest BCUT2D eigenvalue weighted by atomic mass is 16.5. The van der Waals surface area contributed by atoms with E-state index in [-0.39, 0.29) is 11.9 Å². The summed E-state index contributed by atoms with van der Waals surface area (Å²) in [6.07, 6.45) is 5.04. The lowest BCUT2D eigenvalue weighted by molar-refractivity contribution is 0.0938. The van der Waals surface area contributed by atoms with Crippen LogP contribution in [0.5, 0.6) is 5.88 Å². The molecule has 0 aliphatic carbocycles. The lowest BCUT2D eigenvalue weighted by atomic mass is 9.99. The fourth-order valence-electron chi connectivity index (χ4n) is 2.58. The standard InChI is InChI=1S/C20H19N3O2/c1-2-25-20-17(9-6-12-22-20)19(24)23-18(15-7-4-3-5-8-15)16-10-13-21-14-11-16/h3-14,18H,2H2,1H3,(H,23,24)/t18-/m1/s1.